The molecule has 2 aliphatic rings. The van der Waals surface area contributed by atoms with Crippen molar-refractivity contribution in [1.29, 1.82) is 5.26 Å². The minimum absolute atomic E-state index is 0.0709. The molecule has 2 aliphatic heterocycles. The quantitative estimate of drug-likeness (QED) is 0.738. The minimum Gasteiger partial charge on any atom is -0.479 e. The maximum absolute atomic E-state index is 12.5. The van der Waals surface area contributed by atoms with Crippen LogP contribution in [-0.4, -0.2) is 53.1 Å². The highest BCUT2D eigenvalue weighted by Gasteiger charge is 2.37. The van der Waals surface area contributed by atoms with Gasteiger partial charge in [0.25, 0.3) is 11.1 Å². The fourth-order valence-corrected chi connectivity index (χ4v) is 3.64. The Balaban J connectivity index is 1.70. The first kappa shape index (κ1) is 18.0. The summed E-state index contributed by atoms with van der Waals surface area (Å²) in [6.45, 7) is 1.08. The summed E-state index contributed by atoms with van der Waals surface area (Å²) in [7, 11) is 0. The summed E-state index contributed by atoms with van der Waals surface area (Å²) < 4.78 is 5.23. The Labute approximate surface area is 155 Å². The molecule has 3 amide bonds. The van der Waals surface area contributed by atoms with Crippen LogP contribution in [0, 0.1) is 11.3 Å². The van der Waals surface area contributed by atoms with Crippen molar-refractivity contribution in [1.82, 2.24) is 9.80 Å². The Morgan fingerprint density at radius 1 is 1.31 bits per heavy atom. The van der Waals surface area contributed by atoms with E-state index in [4.69, 9.17) is 10.00 Å². The number of hydrogen-bond donors (Lipinski definition) is 0. The van der Waals surface area contributed by atoms with E-state index < -0.39 is 11.1 Å². The molecular formula is C18H17N3O4S. The van der Waals surface area contributed by atoms with Crippen molar-refractivity contribution in [3.8, 4) is 11.8 Å². The van der Waals surface area contributed by atoms with E-state index in [-0.39, 0.29) is 24.0 Å². The maximum atomic E-state index is 12.5. The van der Waals surface area contributed by atoms with Crippen molar-refractivity contribution >= 4 is 34.9 Å². The second kappa shape index (κ2) is 8.06. The third-order valence-electron chi connectivity index (χ3n) is 4.08. The van der Waals surface area contributed by atoms with E-state index in [9.17, 15) is 14.4 Å². The van der Waals surface area contributed by atoms with Gasteiger partial charge in [-0.2, -0.15) is 5.26 Å². The fraction of sp³-hybridized carbons (Fsp3) is 0.333. The van der Waals surface area contributed by atoms with E-state index in [1.807, 2.05) is 6.07 Å². The van der Waals surface area contributed by atoms with Gasteiger partial charge in [0.05, 0.1) is 4.91 Å². The zero-order chi connectivity index (χ0) is 18.5. The number of likely N-dealkylation sites (tertiary alicyclic amines) is 1. The standard InChI is InChI=1S/C18H17N3O4S/c19-6-9-25-14-5-3-4-13(10-14)11-15-17(23)21(18(24)26-15)12-16(22)20-7-1-2-8-20/h3-5,10-11H,1-2,7-9,12H2/b15-11-. The van der Waals surface area contributed by atoms with Gasteiger partial charge in [-0.25, -0.2) is 0 Å². The first-order valence-electron chi connectivity index (χ1n) is 8.21. The van der Waals surface area contributed by atoms with Crippen molar-refractivity contribution in [2.45, 2.75) is 12.8 Å². The van der Waals surface area contributed by atoms with Gasteiger partial charge in [0.2, 0.25) is 5.91 Å². The Kier molecular flexibility index (Phi) is 5.58. The normalized spacial score (nSPS) is 18.5. The molecule has 0 spiro atoms. The van der Waals surface area contributed by atoms with Gasteiger partial charge in [-0.15, -0.1) is 0 Å². The lowest BCUT2D eigenvalue weighted by Gasteiger charge is -2.18. The molecule has 1 aromatic rings. The van der Waals surface area contributed by atoms with Crippen molar-refractivity contribution in [3.05, 3.63) is 34.7 Å². The number of benzene rings is 1. The van der Waals surface area contributed by atoms with Crippen LogP contribution in [-0.2, 0) is 9.59 Å². The number of thioether (sulfide) groups is 1. The number of nitriles is 1. The first-order valence-corrected chi connectivity index (χ1v) is 9.03. The van der Waals surface area contributed by atoms with Crippen molar-refractivity contribution < 1.29 is 19.1 Å². The van der Waals surface area contributed by atoms with Gasteiger partial charge in [-0.3, -0.25) is 19.3 Å². The number of nitrogens with zero attached hydrogens (tertiary/aromatic N) is 3. The van der Waals surface area contributed by atoms with E-state index >= 15 is 0 Å². The SMILES string of the molecule is N#CCOc1cccc(/C=C2\SC(=O)N(CC(=O)N3CCCC3)C2=O)c1. The predicted molar refractivity (Wildman–Crippen MR) is 96.0 cm³/mol. The minimum atomic E-state index is -0.462. The topological polar surface area (TPSA) is 90.7 Å². The summed E-state index contributed by atoms with van der Waals surface area (Å²) in [6.07, 6.45) is 3.50. The molecule has 3 rings (SSSR count). The molecule has 7 nitrogen and oxygen atoms in total. The molecular weight excluding hydrogens is 354 g/mol. The van der Waals surface area contributed by atoms with Gasteiger partial charge < -0.3 is 9.64 Å². The summed E-state index contributed by atoms with van der Waals surface area (Å²) >= 11 is 0.820. The molecule has 26 heavy (non-hydrogen) atoms. The number of amides is 3. The van der Waals surface area contributed by atoms with E-state index in [1.165, 1.54) is 0 Å². The van der Waals surface area contributed by atoms with E-state index in [1.54, 1.807) is 35.2 Å². The monoisotopic (exact) mass is 371 g/mol. The van der Waals surface area contributed by atoms with Crippen LogP contribution < -0.4 is 4.74 Å². The molecule has 8 heteroatoms. The van der Waals surface area contributed by atoms with Crippen LogP contribution in [0.25, 0.3) is 6.08 Å². The second-order valence-corrected chi connectivity index (χ2v) is 6.87. The number of ether oxygens (including phenoxy) is 1. The van der Waals surface area contributed by atoms with Crippen LogP contribution in [0.4, 0.5) is 4.79 Å². The molecule has 0 aromatic heterocycles. The smallest absolute Gasteiger partial charge is 0.294 e. The molecule has 0 atom stereocenters. The maximum Gasteiger partial charge on any atom is 0.294 e. The molecule has 0 unspecified atom stereocenters. The number of hydrogen-bond acceptors (Lipinski definition) is 6. The molecule has 2 heterocycles. The number of imide groups is 1. The molecule has 2 saturated heterocycles. The zero-order valence-corrected chi connectivity index (χ0v) is 14.8. The van der Waals surface area contributed by atoms with Crippen molar-refractivity contribution in [2.75, 3.05) is 26.2 Å². The summed E-state index contributed by atoms with van der Waals surface area (Å²) in [4.78, 5) is 39.8. The highest BCUT2D eigenvalue weighted by atomic mass is 32.2. The van der Waals surface area contributed by atoms with Crippen LogP contribution >= 0.6 is 11.8 Å². The molecule has 134 valence electrons. The highest BCUT2D eigenvalue weighted by molar-refractivity contribution is 8.18. The molecule has 0 bridgehead atoms. The van der Waals surface area contributed by atoms with E-state index in [0.29, 0.717) is 24.4 Å². The van der Waals surface area contributed by atoms with Gasteiger partial charge in [-0.05, 0) is 48.4 Å². The van der Waals surface area contributed by atoms with Crippen LogP contribution in [0.1, 0.15) is 18.4 Å². The van der Waals surface area contributed by atoms with Crippen LogP contribution in [0.3, 0.4) is 0 Å². The molecule has 1 aromatic carbocycles. The molecule has 2 fully saturated rings. The number of carbonyl (C=O) groups excluding carboxylic acids is 3. The fourth-order valence-electron chi connectivity index (χ4n) is 2.80. The van der Waals surface area contributed by atoms with Crippen molar-refractivity contribution in [3.63, 3.8) is 0 Å². The summed E-state index contributed by atoms with van der Waals surface area (Å²) in [5.41, 5.74) is 0.678. The lowest BCUT2D eigenvalue weighted by atomic mass is 10.2. The molecule has 0 saturated carbocycles. The Morgan fingerprint density at radius 2 is 2.08 bits per heavy atom. The van der Waals surface area contributed by atoms with Gasteiger partial charge in [-0.1, -0.05) is 12.1 Å². The molecule has 0 N–H and O–H groups in total. The van der Waals surface area contributed by atoms with Gasteiger partial charge in [0.15, 0.2) is 6.61 Å². The molecule has 0 aliphatic carbocycles. The van der Waals surface area contributed by atoms with Gasteiger partial charge >= 0.3 is 0 Å². The van der Waals surface area contributed by atoms with E-state index in [2.05, 4.69) is 0 Å². The Bertz CT molecular complexity index is 809. The Morgan fingerprint density at radius 3 is 2.81 bits per heavy atom. The van der Waals surface area contributed by atoms with E-state index in [0.717, 1.165) is 29.5 Å². The number of carbonyl (C=O) groups is 3. The third-order valence-corrected chi connectivity index (χ3v) is 4.99. The zero-order valence-electron chi connectivity index (χ0n) is 14.0. The summed E-state index contributed by atoms with van der Waals surface area (Å²) in [5.74, 6) is -0.155. The van der Waals surface area contributed by atoms with Crippen LogP contribution in [0.2, 0.25) is 0 Å². The third kappa shape index (κ3) is 4.06. The van der Waals surface area contributed by atoms with Gasteiger partial charge in [0.1, 0.15) is 18.4 Å². The largest absolute Gasteiger partial charge is 0.479 e. The van der Waals surface area contributed by atoms with Crippen LogP contribution in [0.15, 0.2) is 29.2 Å². The lowest BCUT2D eigenvalue weighted by molar-refractivity contribution is -0.135. The highest BCUT2D eigenvalue weighted by Crippen LogP contribution is 2.32. The predicted octanol–water partition coefficient (Wildman–Crippen LogP) is 2.25. The Hall–Kier alpha value is -2.79. The van der Waals surface area contributed by atoms with Crippen LogP contribution in [0.5, 0.6) is 5.75 Å². The number of rotatable bonds is 5. The van der Waals surface area contributed by atoms with Crippen molar-refractivity contribution in [2.24, 2.45) is 0 Å². The molecule has 0 radical (unpaired) electrons. The average molecular weight is 371 g/mol. The summed E-state index contributed by atoms with van der Waals surface area (Å²) in [6, 6.07) is 8.77. The first-order chi connectivity index (χ1) is 12.6. The second-order valence-electron chi connectivity index (χ2n) is 5.88. The average Bonchev–Trinajstić information content (AvgIpc) is 3.25. The summed E-state index contributed by atoms with van der Waals surface area (Å²) in [5, 5.41) is 8.12. The lowest BCUT2D eigenvalue weighted by Crippen LogP contribution is -2.40. The van der Waals surface area contributed by atoms with Gasteiger partial charge in [0, 0.05) is 13.1 Å².